The number of aryl methyl sites for hydroxylation is 1. The lowest BCUT2D eigenvalue weighted by Gasteiger charge is -2.19. The highest BCUT2D eigenvalue weighted by atomic mass is 35.5. The maximum absolute atomic E-state index is 13.9. The third-order valence-corrected chi connectivity index (χ3v) is 6.63. The lowest BCUT2D eigenvalue weighted by Crippen LogP contribution is -2.36. The van der Waals surface area contributed by atoms with Crippen molar-refractivity contribution >= 4 is 22.9 Å². The number of nitrogens with one attached hydrogen (secondary N) is 1. The van der Waals surface area contributed by atoms with Crippen LogP contribution in [0.3, 0.4) is 0 Å². The Morgan fingerprint density at radius 2 is 1.82 bits per heavy atom. The van der Waals surface area contributed by atoms with Crippen molar-refractivity contribution in [2.24, 2.45) is 7.05 Å². The van der Waals surface area contributed by atoms with Gasteiger partial charge in [-0.15, -0.1) is 11.3 Å². The van der Waals surface area contributed by atoms with Crippen LogP contribution in [-0.2, 0) is 19.1 Å². The zero-order chi connectivity index (χ0) is 25.2. The van der Waals surface area contributed by atoms with E-state index in [0.29, 0.717) is 14.4 Å². The van der Waals surface area contributed by atoms with Crippen LogP contribution in [0.5, 0.6) is 0 Å². The van der Waals surface area contributed by atoms with Gasteiger partial charge >= 0.3 is 18.3 Å². The maximum atomic E-state index is 13.9. The summed E-state index contributed by atoms with van der Waals surface area (Å²) in [6.07, 6.45) is -9.10. The fraction of sp³-hybridized carbons (Fsp3) is 0.444. The number of nitrogens with zero attached hydrogens (tertiary/aromatic N) is 4. The molecule has 16 heteroatoms. The fourth-order valence-electron chi connectivity index (χ4n) is 3.22. The molecule has 0 aromatic carbocycles. The topological polar surface area (TPSA) is 67.9 Å². The second-order valence-electron chi connectivity index (χ2n) is 7.58. The van der Waals surface area contributed by atoms with Crippen LogP contribution in [0.1, 0.15) is 35.2 Å². The summed E-state index contributed by atoms with van der Waals surface area (Å²) in [7, 11) is 0.794. The lowest BCUT2D eigenvalue weighted by molar-refractivity contribution is -0.292. The van der Waals surface area contributed by atoms with Crippen molar-refractivity contribution in [1.29, 1.82) is 0 Å². The molecule has 0 radical (unpaired) electrons. The fourth-order valence-corrected chi connectivity index (χ4v) is 4.59. The van der Waals surface area contributed by atoms with Gasteiger partial charge in [-0.05, 0) is 18.9 Å². The molecule has 1 aliphatic carbocycles. The van der Waals surface area contributed by atoms with Crippen LogP contribution in [0, 0.1) is 0 Å². The highest BCUT2D eigenvalue weighted by Gasteiger charge is 2.64. The molecular weight excluding hydrogens is 522 g/mol. The van der Waals surface area contributed by atoms with E-state index in [9.17, 15) is 40.2 Å². The van der Waals surface area contributed by atoms with E-state index in [1.807, 2.05) is 0 Å². The molecule has 0 aliphatic heterocycles. The predicted octanol–water partition coefficient (Wildman–Crippen LogP) is 5.40. The number of rotatable bonds is 6. The molecule has 3 aromatic rings. The van der Waals surface area contributed by atoms with Gasteiger partial charge in [-0.3, -0.25) is 5.32 Å². The quantitative estimate of drug-likeness (QED) is 0.327. The van der Waals surface area contributed by atoms with Gasteiger partial charge in [0.15, 0.2) is 11.5 Å². The molecule has 186 valence electrons. The van der Waals surface area contributed by atoms with E-state index in [1.165, 1.54) is 6.07 Å². The van der Waals surface area contributed by atoms with Gasteiger partial charge in [-0.2, -0.15) is 45.3 Å². The second-order valence-corrected chi connectivity index (χ2v) is 9.07. The van der Waals surface area contributed by atoms with Crippen molar-refractivity contribution in [2.45, 2.75) is 43.4 Å². The second kappa shape index (κ2) is 8.17. The molecule has 0 saturated heterocycles. The van der Waals surface area contributed by atoms with Gasteiger partial charge in [-0.1, -0.05) is 11.6 Å². The van der Waals surface area contributed by atoms with Crippen LogP contribution in [-0.4, -0.2) is 36.9 Å². The summed E-state index contributed by atoms with van der Waals surface area (Å²) < 4.78 is 108. The molecule has 1 saturated carbocycles. The lowest BCUT2D eigenvalue weighted by atomic mass is 10.1. The Hall–Kier alpha value is -2.23. The number of aromatic nitrogens is 4. The van der Waals surface area contributed by atoms with Gasteiger partial charge in [0, 0.05) is 29.7 Å². The predicted molar refractivity (Wildman–Crippen MR) is 105 cm³/mol. The number of alkyl halides is 8. The molecule has 6 nitrogen and oxygen atoms in total. The highest BCUT2D eigenvalue weighted by molar-refractivity contribution is 7.16. The van der Waals surface area contributed by atoms with Crippen molar-refractivity contribution in [3.63, 3.8) is 0 Å². The van der Waals surface area contributed by atoms with Gasteiger partial charge in [-0.25, -0.2) is 9.36 Å². The normalized spacial score (nSPS) is 16.3. The molecule has 1 unspecified atom stereocenters. The van der Waals surface area contributed by atoms with E-state index in [4.69, 9.17) is 11.6 Å². The molecule has 0 bridgehead atoms. The number of thiophene rings is 1. The minimum atomic E-state index is -6.30. The van der Waals surface area contributed by atoms with Crippen LogP contribution < -0.4 is 5.32 Å². The first-order chi connectivity index (χ1) is 15.6. The van der Waals surface area contributed by atoms with Crippen LogP contribution >= 0.6 is 22.9 Å². The Bertz CT molecular complexity index is 1210. The molecule has 3 heterocycles. The van der Waals surface area contributed by atoms with E-state index in [2.05, 4.69) is 15.5 Å². The molecule has 1 fully saturated rings. The maximum Gasteiger partial charge on any atom is 0.459 e. The number of aliphatic hydroxyl groups is 1. The average Bonchev–Trinajstić information content (AvgIpc) is 3.10. The number of halogens is 9. The molecule has 2 N–H and O–H groups in total. The Labute approximate surface area is 194 Å². The molecule has 1 atom stereocenters. The first-order valence-corrected chi connectivity index (χ1v) is 10.7. The summed E-state index contributed by atoms with van der Waals surface area (Å²) in [6, 6.07) is 1.58. The Morgan fingerprint density at radius 3 is 2.38 bits per heavy atom. The van der Waals surface area contributed by atoms with Crippen molar-refractivity contribution in [3.8, 4) is 16.3 Å². The zero-order valence-electron chi connectivity index (χ0n) is 16.8. The summed E-state index contributed by atoms with van der Waals surface area (Å²) in [5.41, 5.74) is -4.55. The van der Waals surface area contributed by atoms with E-state index in [-0.39, 0.29) is 21.3 Å². The van der Waals surface area contributed by atoms with Crippen molar-refractivity contribution in [2.75, 3.05) is 0 Å². The van der Waals surface area contributed by atoms with Crippen molar-refractivity contribution in [3.05, 3.63) is 39.6 Å². The van der Waals surface area contributed by atoms with Crippen molar-refractivity contribution < 1.29 is 40.2 Å². The average molecular weight is 536 g/mol. The first kappa shape index (κ1) is 24.9. The standard InChI is InChI=1S/C18H14ClF8N5OS/c1-31-15(11(17(22,23)24)13(30-31)16(20,21)18(25,26)27)32-6-7(5-28-32)10-4-9(19)12(34-10)14(33)29-8-2-3-8/h4-6,8,14,29,33H,2-3H2,1H3. The first-order valence-electron chi connectivity index (χ1n) is 9.49. The molecule has 3 aromatic heterocycles. The summed E-state index contributed by atoms with van der Waals surface area (Å²) in [5, 5.41) is 19.9. The largest absolute Gasteiger partial charge is 0.459 e. The minimum Gasteiger partial charge on any atom is -0.373 e. The van der Waals surface area contributed by atoms with Gasteiger partial charge in [0.1, 0.15) is 11.8 Å². The molecule has 4 rings (SSSR count). The molecular formula is C18H14ClF8N5OS. The van der Waals surface area contributed by atoms with E-state index in [0.717, 1.165) is 43.6 Å². The summed E-state index contributed by atoms with van der Waals surface area (Å²) in [6.45, 7) is 0. The van der Waals surface area contributed by atoms with Crippen LogP contribution in [0.2, 0.25) is 5.02 Å². The minimum absolute atomic E-state index is 0.147. The van der Waals surface area contributed by atoms with E-state index in [1.54, 1.807) is 0 Å². The van der Waals surface area contributed by atoms with Gasteiger partial charge in [0.2, 0.25) is 0 Å². The van der Waals surface area contributed by atoms with E-state index >= 15 is 0 Å². The smallest absolute Gasteiger partial charge is 0.373 e. The Balaban J connectivity index is 1.76. The summed E-state index contributed by atoms with van der Waals surface area (Å²) in [4.78, 5) is 0.722. The van der Waals surface area contributed by atoms with Gasteiger partial charge < -0.3 is 5.11 Å². The van der Waals surface area contributed by atoms with Crippen molar-refractivity contribution in [1.82, 2.24) is 24.9 Å². The molecule has 0 spiro atoms. The third kappa shape index (κ3) is 4.41. The van der Waals surface area contributed by atoms with Gasteiger partial charge in [0.05, 0.1) is 16.1 Å². The highest BCUT2D eigenvalue weighted by Crippen LogP contribution is 2.49. The van der Waals surface area contributed by atoms with Crippen LogP contribution in [0.15, 0.2) is 18.5 Å². The summed E-state index contributed by atoms with van der Waals surface area (Å²) >= 11 is 7.17. The van der Waals surface area contributed by atoms with Gasteiger partial charge in [0.25, 0.3) is 0 Å². The van der Waals surface area contributed by atoms with Crippen LogP contribution in [0.4, 0.5) is 35.1 Å². The summed E-state index contributed by atoms with van der Waals surface area (Å²) in [5.74, 6) is -6.99. The Morgan fingerprint density at radius 1 is 1.18 bits per heavy atom. The number of aliphatic hydroxyl groups excluding tert-OH is 1. The number of hydrogen-bond acceptors (Lipinski definition) is 5. The SMILES string of the molecule is Cn1nc(C(F)(F)C(F)(F)F)c(C(F)(F)F)c1-n1cc(-c2cc(Cl)c(C(O)NC3CC3)s2)cn1. The molecule has 0 amide bonds. The third-order valence-electron chi connectivity index (χ3n) is 4.97. The van der Waals surface area contributed by atoms with E-state index < -0.39 is 41.6 Å². The monoisotopic (exact) mass is 535 g/mol. The molecule has 1 aliphatic rings. The Kier molecular flexibility index (Phi) is 5.98. The number of hydrogen-bond donors (Lipinski definition) is 2. The molecule has 34 heavy (non-hydrogen) atoms. The zero-order valence-corrected chi connectivity index (χ0v) is 18.4. The van der Waals surface area contributed by atoms with Crippen LogP contribution in [0.25, 0.3) is 16.3 Å².